The minimum atomic E-state index is 0.502. The summed E-state index contributed by atoms with van der Waals surface area (Å²) in [7, 11) is 1.90. The molecule has 1 aliphatic rings. The Bertz CT molecular complexity index is 359. The molecule has 1 aromatic heterocycles. The van der Waals surface area contributed by atoms with Gasteiger partial charge in [0.25, 0.3) is 0 Å². The molecule has 0 amide bonds. The fourth-order valence-corrected chi connectivity index (χ4v) is 2.30. The highest BCUT2D eigenvalue weighted by Crippen LogP contribution is 2.34. The van der Waals surface area contributed by atoms with E-state index in [2.05, 4.69) is 18.9 Å². The number of nitrogens with zero attached hydrogens (tertiary/aromatic N) is 2. The van der Waals surface area contributed by atoms with Crippen LogP contribution in [0, 0.1) is 12.8 Å². The Kier molecular flexibility index (Phi) is 2.69. The molecule has 2 atom stereocenters. The van der Waals surface area contributed by atoms with E-state index < -0.39 is 0 Å². The van der Waals surface area contributed by atoms with Crippen molar-refractivity contribution in [3.05, 3.63) is 11.3 Å². The SMILES string of the molecule is Cc1c(C2CCOCC2C)nn(C)c1N. The van der Waals surface area contributed by atoms with E-state index in [0.29, 0.717) is 11.8 Å². The maximum Gasteiger partial charge on any atom is 0.124 e. The second kappa shape index (κ2) is 3.85. The first-order chi connectivity index (χ1) is 7.11. The molecule has 2 heterocycles. The maximum absolute atomic E-state index is 5.92. The summed E-state index contributed by atoms with van der Waals surface area (Å²) in [4.78, 5) is 0. The Morgan fingerprint density at radius 1 is 1.53 bits per heavy atom. The summed E-state index contributed by atoms with van der Waals surface area (Å²) in [6, 6.07) is 0. The van der Waals surface area contributed by atoms with Crippen molar-refractivity contribution in [2.75, 3.05) is 18.9 Å². The summed E-state index contributed by atoms with van der Waals surface area (Å²) in [6.45, 7) is 5.94. The topological polar surface area (TPSA) is 53.1 Å². The number of hydrogen-bond acceptors (Lipinski definition) is 3. The van der Waals surface area contributed by atoms with Crippen LogP contribution in [0.4, 0.5) is 5.82 Å². The van der Waals surface area contributed by atoms with Crippen molar-refractivity contribution in [2.45, 2.75) is 26.2 Å². The number of rotatable bonds is 1. The van der Waals surface area contributed by atoms with Crippen molar-refractivity contribution in [3.63, 3.8) is 0 Å². The van der Waals surface area contributed by atoms with E-state index in [1.807, 2.05) is 7.05 Å². The summed E-state index contributed by atoms with van der Waals surface area (Å²) in [5.41, 5.74) is 8.22. The summed E-state index contributed by atoms with van der Waals surface area (Å²) < 4.78 is 7.22. The number of hydrogen-bond donors (Lipinski definition) is 1. The monoisotopic (exact) mass is 209 g/mol. The largest absolute Gasteiger partial charge is 0.384 e. The second-order valence-electron chi connectivity index (χ2n) is 4.47. The molecule has 1 fully saturated rings. The lowest BCUT2D eigenvalue weighted by Crippen LogP contribution is -2.24. The van der Waals surface area contributed by atoms with Gasteiger partial charge in [-0.25, -0.2) is 0 Å². The smallest absolute Gasteiger partial charge is 0.124 e. The van der Waals surface area contributed by atoms with Crippen molar-refractivity contribution < 1.29 is 4.74 Å². The van der Waals surface area contributed by atoms with Gasteiger partial charge in [-0.3, -0.25) is 4.68 Å². The molecule has 1 saturated heterocycles. The average Bonchev–Trinajstić information content (AvgIpc) is 2.47. The van der Waals surface area contributed by atoms with Crippen LogP contribution in [0.15, 0.2) is 0 Å². The predicted octanol–water partition coefficient (Wildman–Crippen LogP) is 1.45. The average molecular weight is 209 g/mol. The molecule has 84 valence electrons. The highest BCUT2D eigenvalue weighted by Gasteiger charge is 2.28. The van der Waals surface area contributed by atoms with Crippen molar-refractivity contribution >= 4 is 5.82 Å². The maximum atomic E-state index is 5.92. The van der Waals surface area contributed by atoms with Gasteiger partial charge in [0.05, 0.1) is 5.69 Å². The normalized spacial score (nSPS) is 26.9. The Balaban J connectivity index is 2.31. The van der Waals surface area contributed by atoms with E-state index in [0.717, 1.165) is 36.7 Å². The molecule has 2 unspecified atom stereocenters. The molecule has 1 aliphatic heterocycles. The highest BCUT2D eigenvalue weighted by molar-refractivity contribution is 5.43. The molecular weight excluding hydrogens is 190 g/mol. The van der Waals surface area contributed by atoms with E-state index >= 15 is 0 Å². The molecule has 0 aliphatic carbocycles. The fourth-order valence-electron chi connectivity index (χ4n) is 2.30. The minimum Gasteiger partial charge on any atom is -0.384 e. The third-order valence-corrected chi connectivity index (χ3v) is 3.37. The van der Waals surface area contributed by atoms with Crippen molar-refractivity contribution in [3.8, 4) is 0 Å². The van der Waals surface area contributed by atoms with Crippen LogP contribution in [-0.2, 0) is 11.8 Å². The Morgan fingerprint density at radius 2 is 2.27 bits per heavy atom. The molecule has 0 aromatic carbocycles. The van der Waals surface area contributed by atoms with E-state index in [4.69, 9.17) is 10.5 Å². The number of nitrogen functional groups attached to an aromatic ring is 1. The van der Waals surface area contributed by atoms with Gasteiger partial charge < -0.3 is 10.5 Å². The van der Waals surface area contributed by atoms with E-state index in [-0.39, 0.29) is 0 Å². The molecule has 4 nitrogen and oxygen atoms in total. The first-order valence-corrected chi connectivity index (χ1v) is 5.48. The number of nitrogens with two attached hydrogens (primary N) is 1. The van der Waals surface area contributed by atoms with Crippen LogP contribution in [0.2, 0.25) is 0 Å². The zero-order valence-electron chi connectivity index (χ0n) is 9.66. The molecule has 0 bridgehead atoms. The predicted molar refractivity (Wildman–Crippen MR) is 59.7 cm³/mol. The molecule has 4 heteroatoms. The quantitative estimate of drug-likeness (QED) is 0.761. The Labute approximate surface area is 90.4 Å². The van der Waals surface area contributed by atoms with Gasteiger partial charge in [0.15, 0.2) is 0 Å². The van der Waals surface area contributed by atoms with Crippen LogP contribution in [-0.4, -0.2) is 23.0 Å². The van der Waals surface area contributed by atoms with Gasteiger partial charge in [-0.05, 0) is 19.3 Å². The third kappa shape index (κ3) is 1.74. The Morgan fingerprint density at radius 3 is 2.80 bits per heavy atom. The minimum absolute atomic E-state index is 0.502. The number of aryl methyl sites for hydroxylation is 1. The second-order valence-corrected chi connectivity index (χ2v) is 4.47. The van der Waals surface area contributed by atoms with E-state index in [9.17, 15) is 0 Å². The molecule has 0 spiro atoms. The molecule has 1 aromatic rings. The lowest BCUT2D eigenvalue weighted by atomic mass is 9.86. The van der Waals surface area contributed by atoms with Gasteiger partial charge in [-0.2, -0.15) is 5.10 Å². The molecule has 0 radical (unpaired) electrons. The molecular formula is C11H19N3O. The fraction of sp³-hybridized carbons (Fsp3) is 0.727. The van der Waals surface area contributed by atoms with Gasteiger partial charge >= 0.3 is 0 Å². The van der Waals surface area contributed by atoms with Gasteiger partial charge in [-0.1, -0.05) is 6.92 Å². The summed E-state index contributed by atoms with van der Waals surface area (Å²) in [5, 5.41) is 4.52. The zero-order valence-corrected chi connectivity index (χ0v) is 9.66. The third-order valence-electron chi connectivity index (χ3n) is 3.37. The number of aromatic nitrogens is 2. The van der Waals surface area contributed by atoms with Crippen molar-refractivity contribution in [1.82, 2.24) is 9.78 Å². The van der Waals surface area contributed by atoms with Crippen LogP contribution in [0.5, 0.6) is 0 Å². The van der Waals surface area contributed by atoms with Crippen LogP contribution in [0.25, 0.3) is 0 Å². The summed E-state index contributed by atoms with van der Waals surface area (Å²) >= 11 is 0. The van der Waals surface area contributed by atoms with Gasteiger partial charge in [0.2, 0.25) is 0 Å². The zero-order chi connectivity index (χ0) is 11.0. The lowest BCUT2D eigenvalue weighted by molar-refractivity contribution is 0.0460. The Hall–Kier alpha value is -1.03. The first-order valence-electron chi connectivity index (χ1n) is 5.48. The summed E-state index contributed by atoms with van der Waals surface area (Å²) in [5.74, 6) is 1.82. The standard InChI is InChI=1S/C11H19N3O/c1-7-6-15-5-4-9(7)10-8(2)11(12)14(3)13-10/h7,9H,4-6,12H2,1-3H3. The highest BCUT2D eigenvalue weighted by atomic mass is 16.5. The first kappa shape index (κ1) is 10.5. The molecule has 15 heavy (non-hydrogen) atoms. The van der Waals surface area contributed by atoms with Gasteiger partial charge in [-0.15, -0.1) is 0 Å². The van der Waals surface area contributed by atoms with Crippen LogP contribution < -0.4 is 5.73 Å². The van der Waals surface area contributed by atoms with Crippen LogP contribution in [0.1, 0.15) is 30.5 Å². The van der Waals surface area contributed by atoms with Gasteiger partial charge in [0.1, 0.15) is 5.82 Å². The molecule has 0 saturated carbocycles. The van der Waals surface area contributed by atoms with Gasteiger partial charge in [0, 0.05) is 31.7 Å². The van der Waals surface area contributed by atoms with Crippen LogP contribution >= 0.6 is 0 Å². The molecule has 2 N–H and O–H groups in total. The lowest BCUT2D eigenvalue weighted by Gasteiger charge is -2.27. The van der Waals surface area contributed by atoms with Crippen molar-refractivity contribution in [2.24, 2.45) is 13.0 Å². The summed E-state index contributed by atoms with van der Waals surface area (Å²) in [6.07, 6.45) is 1.05. The number of ether oxygens (including phenoxy) is 1. The molecule has 2 rings (SSSR count). The van der Waals surface area contributed by atoms with E-state index in [1.54, 1.807) is 4.68 Å². The van der Waals surface area contributed by atoms with Crippen LogP contribution in [0.3, 0.4) is 0 Å². The van der Waals surface area contributed by atoms with Crippen molar-refractivity contribution in [1.29, 1.82) is 0 Å². The van der Waals surface area contributed by atoms with E-state index in [1.165, 1.54) is 0 Å². The number of anilines is 1.